The van der Waals surface area contributed by atoms with Crippen LogP contribution in [0.15, 0.2) is 59.1 Å². The third kappa shape index (κ3) is 4.26. The molecule has 0 saturated carbocycles. The van der Waals surface area contributed by atoms with Gasteiger partial charge in [0.05, 0.1) is 29.4 Å². The van der Waals surface area contributed by atoms with E-state index >= 15 is 0 Å². The third-order valence-electron chi connectivity index (χ3n) is 6.23. The van der Waals surface area contributed by atoms with Crippen LogP contribution in [0.5, 0.6) is 0 Å². The van der Waals surface area contributed by atoms with Gasteiger partial charge in [-0.1, -0.05) is 53.2 Å². The van der Waals surface area contributed by atoms with E-state index in [1.807, 2.05) is 54.6 Å². The minimum atomic E-state index is -0.405. The van der Waals surface area contributed by atoms with Crippen molar-refractivity contribution in [3.63, 3.8) is 0 Å². The molecule has 0 saturated heterocycles. The Kier molecular flexibility index (Phi) is 6.23. The predicted octanol–water partition coefficient (Wildman–Crippen LogP) is 6.89. The molecule has 0 fully saturated rings. The molecule has 4 aromatic rings. The highest BCUT2D eigenvalue weighted by atomic mass is 79.9. The lowest BCUT2D eigenvalue weighted by molar-refractivity contribution is 0.0601. The van der Waals surface area contributed by atoms with Crippen LogP contribution in [0.2, 0.25) is 0 Å². The Hall–Kier alpha value is -3.03. The van der Waals surface area contributed by atoms with Gasteiger partial charge in [0.1, 0.15) is 5.00 Å². The number of esters is 1. The van der Waals surface area contributed by atoms with Gasteiger partial charge in [-0.25, -0.2) is 9.78 Å². The van der Waals surface area contributed by atoms with Gasteiger partial charge in [0, 0.05) is 20.3 Å². The van der Waals surface area contributed by atoms with Gasteiger partial charge in [-0.2, -0.15) is 0 Å². The molecule has 1 unspecified atom stereocenters. The average Bonchev–Trinajstić information content (AvgIpc) is 3.19. The number of carbonyl (C=O) groups excluding carboxylic acids is 2. The second-order valence-electron chi connectivity index (χ2n) is 8.58. The molecule has 0 aliphatic heterocycles. The van der Waals surface area contributed by atoms with Gasteiger partial charge in [-0.3, -0.25) is 4.79 Å². The van der Waals surface area contributed by atoms with E-state index in [1.165, 1.54) is 18.4 Å². The molecule has 172 valence electrons. The second kappa shape index (κ2) is 9.31. The molecule has 2 heterocycles. The summed E-state index contributed by atoms with van der Waals surface area (Å²) < 4.78 is 6.05. The first-order valence-corrected chi connectivity index (χ1v) is 12.8. The Morgan fingerprint density at radius 3 is 2.68 bits per heavy atom. The third-order valence-corrected chi connectivity index (χ3v) is 7.93. The lowest BCUT2D eigenvalue weighted by atomic mass is 9.88. The summed E-state index contributed by atoms with van der Waals surface area (Å²) in [5.74, 6) is -0.121. The number of fused-ring (bicyclic) bond motifs is 2. The highest BCUT2D eigenvalue weighted by Crippen LogP contribution is 2.40. The van der Waals surface area contributed by atoms with Crippen LogP contribution in [0.1, 0.15) is 44.5 Å². The minimum Gasteiger partial charge on any atom is -0.465 e. The average molecular weight is 535 g/mol. The predicted molar refractivity (Wildman–Crippen MR) is 140 cm³/mol. The molecule has 2 aromatic heterocycles. The van der Waals surface area contributed by atoms with E-state index in [-0.39, 0.29) is 5.91 Å². The number of hydrogen-bond acceptors (Lipinski definition) is 5. The van der Waals surface area contributed by atoms with Crippen LogP contribution in [0.25, 0.3) is 22.2 Å². The van der Waals surface area contributed by atoms with Crippen LogP contribution in [0.3, 0.4) is 0 Å². The minimum absolute atomic E-state index is 0.270. The molecule has 1 N–H and O–H groups in total. The number of anilines is 1. The van der Waals surface area contributed by atoms with Crippen LogP contribution < -0.4 is 5.32 Å². The van der Waals surface area contributed by atoms with E-state index in [0.717, 1.165) is 50.6 Å². The van der Waals surface area contributed by atoms with Crippen LogP contribution in [-0.2, 0) is 17.6 Å². The Morgan fingerprint density at radius 1 is 1.15 bits per heavy atom. The molecule has 7 heteroatoms. The lowest BCUT2D eigenvalue weighted by Gasteiger charge is -2.18. The molecule has 34 heavy (non-hydrogen) atoms. The van der Waals surface area contributed by atoms with E-state index in [9.17, 15) is 9.59 Å². The Balaban J connectivity index is 1.58. The highest BCUT2D eigenvalue weighted by molar-refractivity contribution is 9.10. The number of halogens is 1. The monoisotopic (exact) mass is 534 g/mol. The zero-order valence-electron chi connectivity index (χ0n) is 18.9. The molecular formula is C27H23BrN2O3S. The summed E-state index contributed by atoms with van der Waals surface area (Å²) in [6.07, 6.45) is 2.75. The number of hydrogen-bond donors (Lipinski definition) is 1. The van der Waals surface area contributed by atoms with E-state index < -0.39 is 5.97 Å². The van der Waals surface area contributed by atoms with E-state index in [0.29, 0.717) is 27.7 Å². The van der Waals surface area contributed by atoms with Crippen molar-refractivity contribution >= 4 is 55.0 Å². The molecule has 5 rings (SSSR count). The maximum Gasteiger partial charge on any atom is 0.341 e. The summed E-state index contributed by atoms with van der Waals surface area (Å²) in [6, 6.07) is 17.2. The largest absolute Gasteiger partial charge is 0.465 e. The van der Waals surface area contributed by atoms with Crippen LogP contribution >= 0.6 is 27.3 Å². The lowest BCUT2D eigenvalue weighted by Crippen LogP contribution is -2.16. The number of nitrogens with one attached hydrogen (secondary N) is 1. The van der Waals surface area contributed by atoms with Gasteiger partial charge < -0.3 is 10.1 Å². The van der Waals surface area contributed by atoms with E-state index in [2.05, 4.69) is 28.2 Å². The summed E-state index contributed by atoms with van der Waals surface area (Å²) in [5.41, 5.74) is 4.39. The fraction of sp³-hybridized carbons (Fsp3) is 0.222. The quantitative estimate of drug-likeness (QED) is 0.289. The molecule has 1 aliphatic rings. The Labute approximate surface area is 210 Å². The number of pyridine rings is 1. The van der Waals surface area contributed by atoms with Gasteiger partial charge in [0.25, 0.3) is 5.91 Å². The van der Waals surface area contributed by atoms with Crippen molar-refractivity contribution in [2.45, 2.75) is 26.2 Å². The number of nitrogens with zero attached hydrogens (tertiary/aromatic N) is 1. The van der Waals surface area contributed by atoms with Gasteiger partial charge in [0.2, 0.25) is 0 Å². The van der Waals surface area contributed by atoms with Crippen molar-refractivity contribution < 1.29 is 14.3 Å². The summed E-state index contributed by atoms with van der Waals surface area (Å²) in [7, 11) is 1.38. The molecule has 5 nitrogen and oxygen atoms in total. The fourth-order valence-electron chi connectivity index (χ4n) is 4.46. The summed E-state index contributed by atoms with van der Waals surface area (Å²) in [6.45, 7) is 2.21. The second-order valence-corrected chi connectivity index (χ2v) is 10.6. The molecule has 1 aliphatic carbocycles. The molecule has 0 spiro atoms. The maximum absolute atomic E-state index is 13.6. The van der Waals surface area contributed by atoms with Crippen molar-refractivity contribution in [2.75, 3.05) is 12.4 Å². The molecule has 2 aromatic carbocycles. The standard InChI is InChI=1S/C27H23BrN2O3S/c1-15-7-12-19-23(13-15)34-26(24(19)27(32)33-2)30-25(31)20-14-22(16-8-10-17(28)11-9-16)29-21-6-4-3-5-18(20)21/h3-6,8-11,14-15H,7,12-13H2,1-2H3,(H,30,31). The van der Waals surface area contributed by atoms with Crippen molar-refractivity contribution in [3.05, 3.63) is 80.6 Å². The van der Waals surface area contributed by atoms with Gasteiger partial charge in [-0.15, -0.1) is 11.3 Å². The topological polar surface area (TPSA) is 68.3 Å². The van der Waals surface area contributed by atoms with Crippen LogP contribution in [0.4, 0.5) is 5.00 Å². The van der Waals surface area contributed by atoms with Crippen molar-refractivity contribution in [3.8, 4) is 11.3 Å². The SMILES string of the molecule is COC(=O)c1c(NC(=O)c2cc(-c3ccc(Br)cc3)nc3ccccc23)sc2c1CCC(C)C2. The molecule has 1 atom stereocenters. The normalized spacial score (nSPS) is 15.1. The van der Waals surface area contributed by atoms with Crippen molar-refractivity contribution in [2.24, 2.45) is 5.92 Å². The molecule has 0 radical (unpaired) electrons. The number of methoxy groups -OCH3 is 1. The molecular weight excluding hydrogens is 512 g/mol. The number of carbonyl (C=O) groups is 2. The first-order valence-electron chi connectivity index (χ1n) is 11.1. The number of aromatic nitrogens is 1. The summed E-state index contributed by atoms with van der Waals surface area (Å²) >= 11 is 4.95. The fourth-order valence-corrected chi connectivity index (χ4v) is 6.12. The van der Waals surface area contributed by atoms with Crippen molar-refractivity contribution in [1.82, 2.24) is 4.98 Å². The number of thiophene rings is 1. The zero-order valence-corrected chi connectivity index (χ0v) is 21.3. The molecule has 1 amide bonds. The zero-order chi connectivity index (χ0) is 23.8. The van der Waals surface area contributed by atoms with E-state index in [1.54, 1.807) is 0 Å². The van der Waals surface area contributed by atoms with Crippen LogP contribution in [-0.4, -0.2) is 24.0 Å². The van der Waals surface area contributed by atoms with Gasteiger partial charge in [0.15, 0.2) is 0 Å². The van der Waals surface area contributed by atoms with Gasteiger partial charge >= 0.3 is 5.97 Å². The van der Waals surface area contributed by atoms with Crippen LogP contribution in [0, 0.1) is 5.92 Å². The number of ether oxygens (including phenoxy) is 1. The maximum atomic E-state index is 13.6. The number of amides is 1. The first kappa shape index (κ1) is 22.7. The van der Waals surface area contributed by atoms with Gasteiger partial charge in [-0.05, 0) is 55.0 Å². The highest BCUT2D eigenvalue weighted by Gasteiger charge is 2.29. The smallest absolute Gasteiger partial charge is 0.341 e. The summed E-state index contributed by atoms with van der Waals surface area (Å²) in [4.78, 5) is 32.2. The summed E-state index contributed by atoms with van der Waals surface area (Å²) in [5, 5.41) is 4.35. The first-order chi connectivity index (χ1) is 16.4. The number of para-hydroxylation sites is 1. The number of rotatable bonds is 4. The Bertz CT molecular complexity index is 1410. The molecule has 0 bridgehead atoms. The number of benzene rings is 2. The Morgan fingerprint density at radius 2 is 1.91 bits per heavy atom. The van der Waals surface area contributed by atoms with E-state index in [4.69, 9.17) is 9.72 Å². The van der Waals surface area contributed by atoms with Crippen molar-refractivity contribution in [1.29, 1.82) is 0 Å².